The molecule has 20 heavy (non-hydrogen) atoms. The minimum absolute atomic E-state index is 0.0446. The highest BCUT2D eigenvalue weighted by molar-refractivity contribution is 5.94. The largest absolute Gasteiger partial charge is 0.384 e. The fourth-order valence-electron chi connectivity index (χ4n) is 1.98. The van der Waals surface area contributed by atoms with E-state index >= 15 is 0 Å². The molecule has 1 amide bonds. The zero-order valence-corrected chi connectivity index (χ0v) is 13.0. The van der Waals surface area contributed by atoms with Crippen molar-refractivity contribution in [3.05, 3.63) is 24.0 Å². The van der Waals surface area contributed by atoms with Gasteiger partial charge in [-0.15, -0.1) is 0 Å². The predicted molar refractivity (Wildman–Crippen MR) is 84.1 cm³/mol. The Balaban J connectivity index is 2.55. The van der Waals surface area contributed by atoms with Crippen LogP contribution in [0.4, 0.5) is 5.69 Å². The molecule has 112 valence electrons. The van der Waals surface area contributed by atoms with Crippen molar-refractivity contribution in [2.45, 2.75) is 46.0 Å². The molecule has 0 bridgehead atoms. The van der Waals surface area contributed by atoms with E-state index in [0.717, 1.165) is 38.0 Å². The molecule has 1 rings (SSSR count). The van der Waals surface area contributed by atoms with E-state index in [1.54, 1.807) is 17.3 Å². The molecule has 1 heterocycles. The van der Waals surface area contributed by atoms with E-state index in [-0.39, 0.29) is 5.91 Å². The number of hydrogen-bond donors (Lipinski definition) is 1. The summed E-state index contributed by atoms with van der Waals surface area (Å²) in [5.74, 6) is 0.0446. The highest BCUT2D eigenvalue weighted by Crippen LogP contribution is 2.11. The Morgan fingerprint density at radius 2 is 1.95 bits per heavy atom. The lowest BCUT2D eigenvalue weighted by molar-refractivity contribution is 0.0793. The van der Waals surface area contributed by atoms with E-state index in [0.29, 0.717) is 5.56 Å². The quantitative estimate of drug-likeness (QED) is 0.702. The van der Waals surface area contributed by atoms with Crippen LogP contribution in [0.15, 0.2) is 18.5 Å². The summed E-state index contributed by atoms with van der Waals surface area (Å²) < 4.78 is 0. The van der Waals surface area contributed by atoms with Crippen LogP contribution >= 0.6 is 0 Å². The molecule has 0 fully saturated rings. The molecule has 0 atom stereocenters. The minimum atomic E-state index is 0.0446. The number of unbranched alkanes of at least 4 members (excludes halogenated alkanes) is 3. The smallest absolute Gasteiger partial charge is 0.255 e. The normalized spacial score (nSPS) is 10.3. The standard InChI is InChI=1S/C16H27N3O/c1-4-6-8-9-18-15-11-14(12-17-13-15)16(20)19(3)10-7-5-2/h11-13,18H,4-10H2,1-3H3. The summed E-state index contributed by atoms with van der Waals surface area (Å²) in [6.07, 6.45) is 9.11. The molecule has 0 spiro atoms. The van der Waals surface area contributed by atoms with E-state index in [9.17, 15) is 4.79 Å². The Morgan fingerprint density at radius 1 is 1.20 bits per heavy atom. The maximum Gasteiger partial charge on any atom is 0.255 e. The third kappa shape index (κ3) is 5.59. The van der Waals surface area contributed by atoms with Gasteiger partial charge in [-0.25, -0.2) is 0 Å². The van der Waals surface area contributed by atoms with Crippen LogP contribution in [0.25, 0.3) is 0 Å². The molecule has 0 radical (unpaired) electrons. The molecular formula is C16H27N3O. The Morgan fingerprint density at radius 3 is 2.65 bits per heavy atom. The second kappa shape index (κ2) is 9.34. The fourth-order valence-corrected chi connectivity index (χ4v) is 1.98. The van der Waals surface area contributed by atoms with Crippen LogP contribution in [0.2, 0.25) is 0 Å². The van der Waals surface area contributed by atoms with Crippen molar-refractivity contribution in [2.75, 3.05) is 25.5 Å². The van der Waals surface area contributed by atoms with Crippen molar-refractivity contribution < 1.29 is 4.79 Å². The minimum Gasteiger partial charge on any atom is -0.384 e. The fraction of sp³-hybridized carbons (Fsp3) is 0.625. The topological polar surface area (TPSA) is 45.2 Å². The third-order valence-corrected chi connectivity index (χ3v) is 3.29. The molecule has 0 aliphatic carbocycles. The van der Waals surface area contributed by atoms with Crippen LogP contribution in [0.3, 0.4) is 0 Å². The summed E-state index contributed by atoms with van der Waals surface area (Å²) in [6, 6.07) is 1.89. The lowest BCUT2D eigenvalue weighted by Crippen LogP contribution is -2.27. The summed E-state index contributed by atoms with van der Waals surface area (Å²) in [5, 5.41) is 3.32. The first kappa shape index (κ1) is 16.5. The van der Waals surface area contributed by atoms with Crippen LogP contribution in [0.1, 0.15) is 56.3 Å². The molecule has 0 aliphatic heterocycles. The van der Waals surface area contributed by atoms with Gasteiger partial charge in [0.25, 0.3) is 5.91 Å². The molecule has 0 saturated carbocycles. The van der Waals surface area contributed by atoms with Crippen molar-refractivity contribution in [2.24, 2.45) is 0 Å². The number of pyridine rings is 1. The molecular weight excluding hydrogens is 250 g/mol. The van der Waals surface area contributed by atoms with E-state index in [2.05, 4.69) is 24.1 Å². The number of carbonyl (C=O) groups excluding carboxylic acids is 1. The lowest BCUT2D eigenvalue weighted by atomic mass is 10.2. The van der Waals surface area contributed by atoms with Crippen LogP contribution < -0.4 is 5.32 Å². The number of nitrogens with one attached hydrogen (secondary N) is 1. The Kier molecular flexibility index (Phi) is 7.70. The number of anilines is 1. The number of hydrogen-bond acceptors (Lipinski definition) is 3. The summed E-state index contributed by atoms with van der Waals surface area (Å²) >= 11 is 0. The molecule has 0 unspecified atom stereocenters. The summed E-state index contributed by atoms with van der Waals surface area (Å²) in [4.78, 5) is 18.2. The van der Waals surface area contributed by atoms with Gasteiger partial charge >= 0.3 is 0 Å². The van der Waals surface area contributed by atoms with Gasteiger partial charge in [0, 0.05) is 32.5 Å². The van der Waals surface area contributed by atoms with Crippen molar-refractivity contribution in [3.8, 4) is 0 Å². The Hall–Kier alpha value is -1.58. The van der Waals surface area contributed by atoms with Crippen LogP contribution in [0.5, 0.6) is 0 Å². The molecule has 1 N–H and O–H groups in total. The van der Waals surface area contributed by atoms with E-state index in [4.69, 9.17) is 0 Å². The van der Waals surface area contributed by atoms with Gasteiger partial charge in [-0.3, -0.25) is 9.78 Å². The summed E-state index contributed by atoms with van der Waals surface area (Å²) in [7, 11) is 1.85. The second-order valence-corrected chi connectivity index (χ2v) is 5.18. The Bertz CT molecular complexity index is 406. The maximum absolute atomic E-state index is 12.2. The number of rotatable bonds is 9. The predicted octanol–water partition coefficient (Wildman–Crippen LogP) is 3.56. The molecule has 0 saturated heterocycles. The van der Waals surface area contributed by atoms with Crippen molar-refractivity contribution in [3.63, 3.8) is 0 Å². The van der Waals surface area contributed by atoms with Crippen LogP contribution in [-0.4, -0.2) is 35.9 Å². The van der Waals surface area contributed by atoms with Crippen molar-refractivity contribution in [1.29, 1.82) is 0 Å². The average molecular weight is 277 g/mol. The average Bonchev–Trinajstić information content (AvgIpc) is 2.48. The SMILES string of the molecule is CCCCCNc1cncc(C(=O)N(C)CCCC)c1. The van der Waals surface area contributed by atoms with Gasteiger partial charge in [-0.05, 0) is 18.9 Å². The van der Waals surface area contributed by atoms with Gasteiger partial charge in [0.2, 0.25) is 0 Å². The maximum atomic E-state index is 12.2. The first-order valence-electron chi connectivity index (χ1n) is 7.63. The van der Waals surface area contributed by atoms with Crippen molar-refractivity contribution in [1.82, 2.24) is 9.88 Å². The Labute approximate surface area is 122 Å². The molecule has 4 nitrogen and oxygen atoms in total. The van der Waals surface area contributed by atoms with Crippen LogP contribution in [-0.2, 0) is 0 Å². The summed E-state index contributed by atoms with van der Waals surface area (Å²) in [5.41, 5.74) is 1.58. The molecule has 0 aromatic carbocycles. The van der Waals surface area contributed by atoms with Crippen molar-refractivity contribution >= 4 is 11.6 Å². The number of nitrogens with zero attached hydrogens (tertiary/aromatic N) is 2. The highest BCUT2D eigenvalue weighted by Gasteiger charge is 2.11. The van der Waals surface area contributed by atoms with Crippen LogP contribution in [0, 0.1) is 0 Å². The number of carbonyl (C=O) groups is 1. The van der Waals surface area contributed by atoms with Gasteiger partial charge in [-0.1, -0.05) is 33.1 Å². The monoisotopic (exact) mass is 277 g/mol. The first-order chi connectivity index (χ1) is 9.69. The van der Waals surface area contributed by atoms with Gasteiger partial charge in [0.05, 0.1) is 11.3 Å². The van der Waals surface area contributed by atoms with Gasteiger partial charge < -0.3 is 10.2 Å². The van der Waals surface area contributed by atoms with Gasteiger partial charge in [-0.2, -0.15) is 0 Å². The highest BCUT2D eigenvalue weighted by atomic mass is 16.2. The molecule has 1 aromatic rings. The summed E-state index contributed by atoms with van der Waals surface area (Å²) in [6.45, 7) is 6.04. The first-order valence-corrected chi connectivity index (χ1v) is 7.63. The van der Waals surface area contributed by atoms with Gasteiger partial charge in [0.15, 0.2) is 0 Å². The number of amides is 1. The van der Waals surface area contributed by atoms with Gasteiger partial charge in [0.1, 0.15) is 0 Å². The van der Waals surface area contributed by atoms with E-state index in [1.165, 1.54) is 12.8 Å². The van der Waals surface area contributed by atoms with E-state index in [1.807, 2.05) is 13.1 Å². The molecule has 4 heteroatoms. The number of aromatic nitrogens is 1. The lowest BCUT2D eigenvalue weighted by Gasteiger charge is -2.17. The second-order valence-electron chi connectivity index (χ2n) is 5.18. The zero-order valence-electron chi connectivity index (χ0n) is 13.0. The third-order valence-electron chi connectivity index (χ3n) is 3.29. The molecule has 1 aromatic heterocycles. The van der Waals surface area contributed by atoms with E-state index < -0.39 is 0 Å². The zero-order chi connectivity index (χ0) is 14.8. The molecule has 0 aliphatic rings.